The molecule has 0 radical (unpaired) electrons. The quantitative estimate of drug-likeness (QED) is 0.701. The fourth-order valence-corrected chi connectivity index (χ4v) is 4.06. The zero-order valence-electron chi connectivity index (χ0n) is 13.4. The molecule has 2 aromatic heterocycles. The Kier molecular flexibility index (Phi) is 4.73. The van der Waals surface area contributed by atoms with Crippen LogP contribution in [0.2, 0.25) is 0 Å². The molecule has 0 aliphatic rings. The Morgan fingerprint density at radius 2 is 1.96 bits per heavy atom. The maximum absolute atomic E-state index is 12.9. The fourth-order valence-electron chi connectivity index (χ4n) is 2.12. The normalized spacial score (nSPS) is 12.9. The Hall–Kier alpha value is -2.12. The van der Waals surface area contributed by atoms with Crippen molar-refractivity contribution in [2.75, 3.05) is 5.32 Å². The van der Waals surface area contributed by atoms with Crippen LogP contribution in [0.1, 0.15) is 20.3 Å². The zero-order chi connectivity index (χ0) is 17.2. The lowest BCUT2D eigenvalue weighted by Crippen LogP contribution is -2.15. The highest BCUT2D eigenvalue weighted by molar-refractivity contribution is 7.91. The van der Waals surface area contributed by atoms with E-state index in [9.17, 15) is 8.42 Å². The van der Waals surface area contributed by atoms with Gasteiger partial charge in [0.25, 0.3) is 0 Å². The molecule has 0 saturated heterocycles. The number of rotatable bonds is 6. The summed E-state index contributed by atoms with van der Waals surface area (Å²) in [6, 6.07) is 12.1. The lowest BCUT2D eigenvalue weighted by molar-refractivity contribution is 0.567. The van der Waals surface area contributed by atoms with Gasteiger partial charge in [-0.15, -0.1) is 11.3 Å². The first-order chi connectivity index (χ1) is 11.5. The minimum Gasteiger partial charge on any atom is -0.418 e. The molecule has 1 N–H and O–H groups in total. The van der Waals surface area contributed by atoms with E-state index in [0.717, 1.165) is 11.3 Å². The van der Waals surface area contributed by atoms with E-state index in [1.54, 1.807) is 30.3 Å². The van der Waals surface area contributed by atoms with E-state index in [2.05, 4.69) is 10.3 Å². The molecule has 0 spiro atoms. The van der Waals surface area contributed by atoms with E-state index >= 15 is 0 Å². The van der Waals surface area contributed by atoms with E-state index in [0.29, 0.717) is 5.89 Å². The molecule has 3 rings (SSSR count). The fraction of sp³-hybridized carbons (Fsp3) is 0.235. The second kappa shape index (κ2) is 6.78. The summed E-state index contributed by atoms with van der Waals surface area (Å²) in [5.41, 5.74) is 0. The zero-order valence-corrected chi connectivity index (χ0v) is 15.0. The number of anilines is 1. The summed E-state index contributed by atoms with van der Waals surface area (Å²) in [5.74, 6) is 0.502. The lowest BCUT2D eigenvalue weighted by Gasteiger charge is -2.11. The van der Waals surface area contributed by atoms with Gasteiger partial charge in [0.05, 0.1) is 9.77 Å². The molecule has 3 aromatic rings. The van der Waals surface area contributed by atoms with Gasteiger partial charge in [-0.1, -0.05) is 31.2 Å². The van der Waals surface area contributed by atoms with Crippen LogP contribution in [-0.4, -0.2) is 19.4 Å². The minimum absolute atomic E-state index is 0.0684. The van der Waals surface area contributed by atoms with Crippen LogP contribution in [0, 0.1) is 0 Å². The van der Waals surface area contributed by atoms with Crippen LogP contribution in [0.25, 0.3) is 10.8 Å². The predicted octanol–water partition coefficient (Wildman–Crippen LogP) is 4.45. The molecule has 0 saturated carbocycles. The summed E-state index contributed by atoms with van der Waals surface area (Å²) >= 11 is 1.45. The highest BCUT2D eigenvalue weighted by Gasteiger charge is 2.29. The SMILES string of the molecule is CCC(C)Nc1oc(-c2cccs2)nc1S(=O)(=O)c1ccccc1. The number of nitrogens with zero attached hydrogens (tertiary/aromatic N) is 1. The van der Waals surface area contributed by atoms with E-state index < -0.39 is 9.84 Å². The van der Waals surface area contributed by atoms with Crippen molar-refractivity contribution in [1.29, 1.82) is 0 Å². The van der Waals surface area contributed by atoms with Crippen molar-refractivity contribution in [2.45, 2.75) is 36.2 Å². The number of benzene rings is 1. The third kappa shape index (κ3) is 3.22. The first-order valence-electron chi connectivity index (χ1n) is 7.63. The summed E-state index contributed by atoms with van der Waals surface area (Å²) in [5, 5.41) is 4.94. The Morgan fingerprint density at radius 1 is 1.21 bits per heavy atom. The summed E-state index contributed by atoms with van der Waals surface area (Å²) in [7, 11) is -3.76. The third-order valence-electron chi connectivity index (χ3n) is 3.63. The second-order valence-electron chi connectivity index (χ2n) is 5.40. The highest BCUT2D eigenvalue weighted by Crippen LogP contribution is 2.34. The largest absolute Gasteiger partial charge is 0.418 e. The number of aromatic nitrogens is 1. The van der Waals surface area contributed by atoms with Crippen molar-refractivity contribution in [3.63, 3.8) is 0 Å². The molecule has 24 heavy (non-hydrogen) atoms. The molecule has 7 heteroatoms. The number of oxazole rings is 1. The molecule has 5 nitrogen and oxygen atoms in total. The average molecular weight is 362 g/mol. The van der Waals surface area contributed by atoms with E-state index in [1.165, 1.54) is 11.3 Å². The van der Waals surface area contributed by atoms with Crippen molar-refractivity contribution in [1.82, 2.24) is 4.98 Å². The van der Waals surface area contributed by atoms with Gasteiger partial charge in [0, 0.05) is 6.04 Å². The second-order valence-corrected chi connectivity index (χ2v) is 8.21. The van der Waals surface area contributed by atoms with E-state index in [4.69, 9.17) is 4.42 Å². The van der Waals surface area contributed by atoms with Gasteiger partial charge < -0.3 is 9.73 Å². The molecular weight excluding hydrogens is 344 g/mol. The molecule has 0 amide bonds. The summed E-state index contributed by atoms with van der Waals surface area (Å²) in [4.78, 5) is 5.27. The molecule has 126 valence electrons. The van der Waals surface area contributed by atoms with Gasteiger partial charge in [-0.3, -0.25) is 0 Å². The molecule has 0 aliphatic heterocycles. The van der Waals surface area contributed by atoms with Crippen LogP contribution >= 0.6 is 11.3 Å². The molecule has 0 bridgehead atoms. The maximum Gasteiger partial charge on any atom is 0.240 e. The van der Waals surface area contributed by atoms with Crippen molar-refractivity contribution in [3.05, 3.63) is 47.8 Å². The van der Waals surface area contributed by atoms with Crippen LogP contribution in [0.3, 0.4) is 0 Å². The summed E-state index contributed by atoms with van der Waals surface area (Å²) < 4.78 is 31.6. The van der Waals surface area contributed by atoms with E-state index in [-0.39, 0.29) is 21.8 Å². The third-order valence-corrected chi connectivity index (χ3v) is 6.16. The molecular formula is C17H18N2O3S2. The van der Waals surface area contributed by atoms with Crippen LogP contribution in [0.15, 0.2) is 62.2 Å². The van der Waals surface area contributed by atoms with Crippen LogP contribution < -0.4 is 5.32 Å². The topological polar surface area (TPSA) is 72.2 Å². The smallest absolute Gasteiger partial charge is 0.240 e. The molecule has 0 fully saturated rings. The Bertz CT molecular complexity index is 901. The first kappa shape index (κ1) is 16.7. The average Bonchev–Trinajstić information content (AvgIpc) is 3.25. The molecule has 1 atom stereocenters. The molecule has 1 unspecified atom stereocenters. The van der Waals surface area contributed by atoms with Gasteiger partial charge >= 0.3 is 0 Å². The number of hydrogen-bond donors (Lipinski definition) is 1. The van der Waals surface area contributed by atoms with Crippen molar-refractivity contribution in [2.24, 2.45) is 0 Å². The minimum atomic E-state index is -3.76. The lowest BCUT2D eigenvalue weighted by atomic mass is 10.3. The van der Waals surface area contributed by atoms with Gasteiger partial charge in [-0.2, -0.15) is 4.98 Å². The Labute approximate surface area is 145 Å². The summed E-state index contributed by atoms with van der Waals surface area (Å²) in [6.45, 7) is 3.98. The van der Waals surface area contributed by atoms with Crippen LogP contribution in [0.4, 0.5) is 5.88 Å². The monoisotopic (exact) mass is 362 g/mol. The standard InChI is InChI=1S/C17H18N2O3S2/c1-3-12(2)18-16-17(19-15(22-16)14-10-7-11-23-14)24(20,21)13-8-5-4-6-9-13/h4-12,18H,3H2,1-2H3. The van der Waals surface area contributed by atoms with Gasteiger partial charge in [0.1, 0.15) is 0 Å². The first-order valence-corrected chi connectivity index (χ1v) is 10.00. The van der Waals surface area contributed by atoms with Gasteiger partial charge in [-0.05, 0) is 36.9 Å². The predicted molar refractivity (Wildman–Crippen MR) is 95.1 cm³/mol. The van der Waals surface area contributed by atoms with Crippen molar-refractivity contribution < 1.29 is 12.8 Å². The van der Waals surface area contributed by atoms with Crippen LogP contribution in [-0.2, 0) is 9.84 Å². The molecule has 1 aromatic carbocycles. The van der Waals surface area contributed by atoms with E-state index in [1.807, 2.05) is 31.4 Å². The van der Waals surface area contributed by atoms with Crippen molar-refractivity contribution >= 4 is 27.1 Å². The highest BCUT2D eigenvalue weighted by atomic mass is 32.2. The molecule has 0 aliphatic carbocycles. The number of sulfone groups is 1. The Morgan fingerprint density at radius 3 is 2.58 bits per heavy atom. The summed E-state index contributed by atoms with van der Waals surface area (Å²) in [6.07, 6.45) is 0.833. The van der Waals surface area contributed by atoms with Gasteiger partial charge in [-0.25, -0.2) is 8.42 Å². The molecule has 2 heterocycles. The van der Waals surface area contributed by atoms with Crippen LogP contribution in [0.5, 0.6) is 0 Å². The Balaban J connectivity index is 2.11. The number of nitrogens with one attached hydrogen (secondary N) is 1. The number of thiophene rings is 1. The van der Waals surface area contributed by atoms with Crippen molar-refractivity contribution in [3.8, 4) is 10.8 Å². The maximum atomic E-state index is 12.9. The van der Waals surface area contributed by atoms with Gasteiger partial charge in [0.2, 0.25) is 26.6 Å². The number of hydrogen-bond acceptors (Lipinski definition) is 6. The van der Waals surface area contributed by atoms with Gasteiger partial charge in [0.15, 0.2) is 0 Å².